The lowest BCUT2D eigenvalue weighted by Crippen LogP contribution is -2.22. The Kier molecular flexibility index (Phi) is 4.26. The van der Waals surface area contributed by atoms with Crippen molar-refractivity contribution in [2.75, 3.05) is 0 Å². The van der Waals surface area contributed by atoms with Gasteiger partial charge < -0.3 is 4.74 Å². The number of aromatic nitrogens is 2. The Bertz CT molecular complexity index is 1200. The van der Waals surface area contributed by atoms with Crippen LogP contribution in [0.25, 0.3) is 16.9 Å². The second-order valence-electron chi connectivity index (χ2n) is 6.15. The van der Waals surface area contributed by atoms with Gasteiger partial charge in [-0.2, -0.15) is 0 Å². The number of esters is 1. The molecule has 5 heteroatoms. The van der Waals surface area contributed by atoms with Gasteiger partial charge in [-0.15, -0.1) is 0 Å². The zero-order valence-corrected chi connectivity index (χ0v) is 14.6. The largest absolute Gasteiger partial charge is 0.415 e. The monoisotopic (exact) mass is 356 g/mol. The highest BCUT2D eigenvalue weighted by atomic mass is 16.5. The lowest BCUT2D eigenvalue weighted by molar-refractivity contribution is 0.0732. The zero-order valence-electron chi connectivity index (χ0n) is 14.6. The number of benzene rings is 2. The molecule has 0 aliphatic carbocycles. The minimum absolute atomic E-state index is 0.0867. The molecular weight excluding hydrogens is 340 g/mol. The van der Waals surface area contributed by atoms with Crippen molar-refractivity contribution >= 4 is 11.6 Å². The van der Waals surface area contributed by atoms with Crippen LogP contribution in [0.3, 0.4) is 0 Å². The van der Waals surface area contributed by atoms with Gasteiger partial charge in [-0.25, -0.2) is 9.78 Å². The molecule has 2 aromatic heterocycles. The lowest BCUT2D eigenvalue weighted by Gasteiger charge is -2.11. The summed E-state index contributed by atoms with van der Waals surface area (Å²) < 4.78 is 6.91. The van der Waals surface area contributed by atoms with Crippen LogP contribution in [0.1, 0.15) is 15.9 Å². The fourth-order valence-electron chi connectivity index (χ4n) is 2.88. The zero-order chi connectivity index (χ0) is 18.8. The summed E-state index contributed by atoms with van der Waals surface area (Å²) in [5.74, 6) is -0.679. The van der Waals surface area contributed by atoms with E-state index in [1.165, 1.54) is 4.40 Å². The van der Waals surface area contributed by atoms with E-state index in [4.69, 9.17) is 4.74 Å². The summed E-state index contributed by atoms with van der Waals surface area (Å²) in [6.45, 7) is 1.89. The molecule has 0 saturated heterocycles. The van der Waals surface area contributed by atoms with Crippen molar-refractivity contribution in [2.24, 2.45) is 0 Å². The van der Waals surface area contributed by atoms with Gasteiger partial charge in [0, 0.05) is 11.8 Å². The number of rotatable bonds is 3. The number of hydrogen-bond acceptors (Lipinski definition) is 4. The van der Waals surface area contributed by atoms with Crippen molar-refractivity contribution < 1.29 is 9.53 Å². The lowest BCUT2D eigenvalue weighted by atomic mass is 10.1. The third-order valence-electron chi connectivity index (χ3n) is 4.19. The molecule has 0 fully saturated rings. The fraction of sp³-hybridized carbons (Fsp3) is 0.0455. The Morgan fingerprint density at radius 3 is 2.52 bits per heavy atom. The topological polar surface area (TPSA) is 60.7 Å². The van der Waals surface area contributed by atoms with Crippen LogP contribution >= 0.6 is 0 Å². The molecule has 0 aliphatic rings. The molecule has 0 saturated carbocycles. The quantitative estimate of drug-likeness (QED) is 0.523. The smallest absolute Gasteiger partial charge is 0.343 e. The third kappa shape index (κ3) is 3.22. The number of carbonyl (C=O) groups is 1. The summed E-state index contributed by atoms with van der Waals surface area (Å²) in [5, 5.41) is 0. The highest BCUT2D eigenvalue weighted by Crippen LogP contribution is 2.26. The van der Waals surface area contributed by atoms with Crippen LogP contribution in [0.4, 0.5) is 0 Å². The molecule has 0 bridgehead atoms. The molecule has 0 unspecified atom stereocenters. The molecule has 4 aromatic rings. The molecule has 0 amide bonds. The van der Waals surface area contributed by atoms with E-state index < -0.39 is 11.5 Å². The van der Waals surface area contributed by atoms with Crippen LogP contribution < -0.4 is 10.3 Å². The van der Waals surface area contributed by atoms with E-state index in [1.54, 1.807) is 42.6 Å². The number of pyridine rings is 1. The van der Waals surface area contributed by atoms with E-state index in [0.29, 0.717) is 22.5 Å². The second kappa shape index (κ2) is 6.88. The maximum absolute atomic E-state index is 13.0. The van der Waals surface area contributed by atoms with Crippen LogP contribution in [0, 0.1) is 6.92 Å². The summed E-state index contributed by atoms with van der Waals surface area (Å²) >= 11 is 0. The second-order valence-corrected chi connectivity index (χ2v) is 6.15. The number of ether oxygens (including phenoxy) is 1. The highest BCUT2D eigenvalue weighted by Gasteiger charge is 2.20. The van der Waals surface area contributed by atoms with Crippen molar-refractivity contribution in [1.29, 1.82) is 0 Å². The van der Waals surface area contributed by atoms with Gasteiger partial charge in [-0.05, 0) is 31.2 Å². The van der Waals surface area contributed by atoms with E-state index in [-0.39, 0.29) is 5.75 Å². The summed E-state index contributed by atoms with van der Waals surface area (Å²) in [7, 11) is 0. The number of hydrogen-bond donors (Lipinski definition) is 0. The minimum Gasteiger partial charge on any atom is -0.415 e. The summed E-state index contributed by atoms with van der Waals surface area (Å²) in [4.78, 5) is 30.2. The Morgan fingerprint density at radius 1 is 0.963 bits per heavy atom. The van der Waals surface area contributed by atoms with Gasteiger partial charge in [-0.3, -0.25) is 9.20 Å². The number of carbonyl (C=O) groups excluding carboxylic acids is 1. The van der Waals surface area contributed by atoms with Gasteiger partial charge in [0.1, 0.15) is 11.3 Å². The summed E-state index contributed by atoms with van der Waals surface area (Å²) in [5.41, 5.74) is 2.41. The molecule has 0 radical (unpaired) electrons. The van der Waals surface area contributed by atoms with Gasteiger partial charge in [0.25, 0.3) is 0 Å². The Hall–Kier alpha value is -3.73. The fourth-order valence-corrected chi connectivity index (χ4v) is 2.88. The first kappa shape index (κ1) is 16.7. The predicted octanol–water partition coefficient (Wildman–Crippen LogP) is 3.89. The van der Waals surface area contributed by atoms with Gasteiger partial charge >= 0.3 is 11.5 Å². The SMILES string of the molecule is Cc1cccc(C(=O)Oc2c(-c3ccccc3)nc3ccccn3c2=O)c1. The first-order valence-electron chi connectivity index (χ1n) is 8.49. The average molecular weight is 356 g/mol. The Balaban J connectivity index is 1.89. The van der Waals surface area contributed by atoms with E-state index in [2.05, 4.69) is 4.98 Å². The van der Waals surface area contributed by atoms with Crippen LogP contribution in [-0.4, -0.2) is 15.4 Å². The van der Waals surface area contributed by atoms with Crippen molar-refractivity contribution in [3.63, 3.8) is 0 Å². The molecule has 0 N–H and O–H groups in total. The normalized spacial score (nSPS) is 10.7. The van der Waals surface area contributed by atoms with E-state index in [0.717, 1.165) is 5.56 Å². The molecule has 132 valence electrons. The number of nitrogens with zero attached hydrogens (tertiary/aromatic N) is 2. The molecule has 5 nitrogen and oxygen atoms in total. The van der Waals surface area contributed by atoms with Crippen molar-refractivity contribution in [3.05, 3.63) is 100 Å². The number of fused-ring (bicyclic) bond motifs is 1. The Morgan fingerprint density at radius 2 is 1.74 bits per heavy atom. The van der Waals surface area contributed by atoms with Gasteiger partial charge in [-0.1, -0.05) is 54.1 Å². The summed E-state index contributed by atoms with van der Waals surface area (Å²) in [6, 6.07) is 21.5. The standard InChI is InChI=1S/C22H16N2O3/c1-15-8-7-11-17(14-15)22(26)27-20-19(16-9-3-2-4-10-16)23-18-12-5-6-13-24(18)21(20)25/h2-14H,1H3. The highest BCUT2D eigenvalue weighted by molar-refractivity contribution is 5.92. The van der Waals surface area contributed by atoms with Crippen molar-refractivity contribution in [2.45, 2.75) is 6.92 Å². The molecule has 2 heterocycles. The maximum Gasteiger partial charge on any atom is 0.343 e. The van der Waals surface area contributed by atoms with Gasteiger partial charge in [0.15, 0.2) is 0 Å². The first-order valence-corrected chi connectivity index (χ1v) is 8.49. The van der Waals surface area contributed by atoms with Crippen LogP contribution in [0.2, 0.25) is 0 Å². The van der Waals surface area contributed by atoms with Crippen molar-refractivity contribution in [3.8, 4) is 17.0 Å². The molecule has 2 aromatic carbocycles. The molecule has 0 spiro atoms. The first-order chi connectivity index (χ1) is 13.1. The molecule has 0 atom stereocenters. The number of aryl methyl sites for hydroxylation is 1. The van der Waals surface area contributed by atoms with Crippen LogP contribution in [0.5, 0.6) is 5.75 Å². The van der Waals surface area contributed by atoms with Crippen LogP contribution in [-0.2, 0) is 0 Å². The van der Waals surface area contributed by atoms with Gasteiger partial charge in [0.05, 0.1) is 5.56 Å². The minimum atomic E-state index is -0.592. The van der Waals surface area contributed by atoms with Gasteiger partial charge in [0.2, 0.25) is 5.75 Å². The average Bonchev–Trinajstić information content (AvgIpc) is 2.70. The maximum atomic E-state index is 13.0. The van der Waals surface area contributed by atoms with Crippen molar-refractivity contribution in [1.82, 2.24) is 9.38 Å². The van der Waals surface area contributed by atoms with E-state index in [1.807, 2.05) is 43.3 Å². The van der Waals surface area contributed by atoms with E-state index in [9.17, 15) is 9.59 Å². The predicted molar refractivity (Wildman–Crippen MR) is 103 cm³/mol. The summed E-state index contributed by atoms with van der Waals surface area (Å²) in [6.07, 6.45) is 1.60. The molecule has 27 heavy (non-hydrogen) atoms. The Labute approximate surface area is 155 Å². The van der Waals surface area contributed by atoms with Crippen LogP contribution in [0.15, 0.2) is 83.8 Å². The third-order valence-corrected chi connectivity index (χ3v) is 4.19. The van der Waals surface area contributed by atoms with E-state index >= 15 is 0 Å². The molecular formula is C22H16N2O3. The molecule has 0 aliphatic heterocycles. The molecule has 4 rings (SSSR count).